The molecular weight excluding hydrogens is 496 g/mol. The molecule has 0 unspecified atom stereocenters. The van der Waals surface area contributed by atoms with Crippen molar-refractivity contribution in [2.45, 2.75) is 49.6 Å². The van der Waals surface area contributed by atoms with E-state index < -0.39 is 10.0 Å². The number of fused-ring (bicyclic) bond motifs is 1. The van der Waals surface area contributed by atoms with Crippen LogP contribution in [0.4, 0.5) is 5.69 Å². The van der Waals surface area contributed by atoms with E-state index in [1.165, 1.54) is 30.4 Å². The van der Waals surface area contributed by atoms with E-state index in [0.29, 0.717) is 23.3 Å². The van der Waals surface area contributed by atoms with Gasteiger partial charge in [0.15, 0.2) is 5.78 Å². The molecule has 184 valence electrons. The number of nitrogens with one attached hydrogen (secondary N) is 3. The van der Waals surface area contributed by atoms with Gasteiger partial charge in [0.2, 0.25) is 10.0 Å². The fraction of sp³-hybridized carbons (Fsp3) is 0.280. The maximum atomic E-state index is 12.8. The van der Waals surface area contributed by atoms with E-state index in [1.807, 2.05) is 18.3 Å². The quantitative estimate of drug-likeness (QED) is 0.306. The highest BCUT2D eigenvalue weighted by Crippen LogP contribution is 2.37. The Balaban J connectivity index is 1.31. The molecule has 1 saturated carbocycles. The van der Waals surface area contributed by atoms with E-state index in [-0.39, 0.29) is 22.8 Å². The Morgan fingerprint density at radius 1 is 1.14 bits per heavy atom. The van der Waals surface area contributed by atoms with Gasteiger partial charge < -0.3 is 10.3 Å². The van der Waals surface area contributed by atoms with Crippen molar-refractivity contribution in [1.82, 2.24) is 19.7 Å². The summed E-state index contributed by atoms with van der Waals surface area (Å²) in [6, 6.07) is 9.94. The summed E-state index contributed by atoms with van der Waals surface area (Å²) in [6.45, 7) is 1.52. The summed E-state index contributed by atoms with van der Waals surface area (Å²) in [7, 11) is -3.71. The molecule has 4 aromatic rings. The van der Waals surface area contributed by atoms with Crippen molar-refractivity contribution < 1.29 is 13.2 Å². The molecule has 0 aliphatic heterocycles. The van der Waals surface area contributed by atoms with Gasteiger partial charge in [0.1, 0.15) is 10.7 Å². The summed E-state index contributed by atoms with van der Waals surface area (Å²) in [5.74, 6) is -0.0240. The van der Waals surface area contributed by atoms with Gasteiger partial charge in [0.25, 0.3) is 0 Å². The van der Waals surface area contributed by atoms with Crippen LogP contribution in [0.2, 0.25) is 0 Å². The lowest BCUT2D eigenvalue weighted by molar-refractivity contribution is 0.102. The zero-order valence-electron chi connectivity index (χ0n) is 19.5. The minimum Gasteiger partial charge on any atom is -0.381 e. The number of ketones is 1. The molecule has 3 heterocycles. The number of rotatable bonds is 7. The number of anilines is 1. The third kappa shape index (κ3) is 4.88. The summed E-state index contributed by atoms with van der Waals surface area (Å²) in [5, 5.41) is 14.4. The topological polar surface area (TPSA) is 141 Å². The Hall–Kier alpha value is -3.59. The molecule has 1 aromatic carbocycles. The third-order valence-corrected chi connectivity index (χ3v) is 8.99. The largest absolute Gasteiger partial charge is 0.381 e. The lowest BCUT2D eigenvalue weighted by atomic mass is 9.91. The molecule has 0 radical (unpaired) electrons. The molecule has 3 aromatic heterocycles. The molecule has 1 fully saturated rings. The fourth-order valence-corrected chi connectivity index (χ4v) is 6.64. The predicted molar refractivity (Wildman–Crippen MR) is 138 cm³/mol. The first-order chi connectivity index (χ1) is 17.3. The number of hydrogen-bond acceptors (Lipinski definition) is 8. The molecular formula is C25H24N6O3S2. The SMILES string of the molecule is CC(=O)c1cnc(-c2cnc3[nH]ccc3c2NC2CCC(NS(=O)(=O)c3cccc(C#N)c3)CC2)s1. The molecule has 36 heavy (non-hydrogen) atoms. The van der Waals surface area contributed by atoms with Gasteiger partial charge in [-0.3, -0.25) is 4.79 Å². The maximum Gasteiger partial charge on any atom is 0.240 e. The number of aromatic nitrogens is 3. The number of hydrogen-bond donors (Lipinski definition) is 3. The Kier molecular flexibility index (Phi) is 6.57. The second-order valence-corrected chi connectivity index (χ2v) is 11.6. The van der Waals surface area contributed by atoms with Crippen molar-refractivity contribution in [3.63, 3.8) is 0 Å². The van der Waals surface area contributed by atoms with Crippen LogP contribution in [-0.4, -0.2) is 41.2 Å². The average molecular weight is 521 g/mol. The van der Waals surface area contributed by atoms with Crippen molar-refractivity contribution in [3.8, 4) is 16.6 Å². The highest BCUT2D eigenvalue weighted by Gasteiger charge is 2.27. The standard InChI is InChI=1S/C25H24N6O3S2/c1-15(32)22-14-29-25(35-22)21-13-28-24-20(9-10-27-24)23(21)30-17-5-7-18(8-6-17)31-36(33,34)19-4-2-3-16(11-19)12-26/h2-4,9-11,13-14,17-18,31H,5-8H2,1H3,(H2,27,28,30). The normalized spacial score (nSPS) is 18.1. The van der Waals surface area contributed by atoms with E-state index >= 15 is 0 Å². The molecule has 0 saturated heterocycles. The number of H-pyrrole nitrogens is 1. The smallest absolute Gasteiger partial charge is 0.240 e. The average Bonchev–Trinajstić information content (AvgIpc) is 3.56. The first kappa shape index (κ1) is 24.1. The Morgan fingerprint density at radius 3 is 2.64 bits per heavy atom. The fourth-order valence-electron chi connectivity index (χ4n) is 4.47. The van der Waals surface area contributed by atoms with Gasteiger partial charge in [-0.2, -0.15) is 5.26 Å². The van der Waals surface area contributed by atoms with Crippen LogP contribution < -0.4 is 10.0 Å². The van der Waals surface area contributed by atoms with Gasteiger partial charge in [-0.1, -0.05) is 6.07 Å². The lowest BCUT2D eigenvalue weighted by Crippen LogP contribution is -2.40. The van der Waals surface area contributed by atoms with Crippen LogP contribution in [-0.2, 0) is 10.0 Å². The molecule has 0 bridgehead atoms. The zero-order chi connectivity index (χ0) is 25.3. The first-order valence-electron chi connectivity index (χ1n) is 11.6. The van der Waals surface area contributed by atoms with E-state index in [1.54, 1.807) is 24.5 Å². The number of nitrogens with zero attached hydrogens (tertiary/aromatic N) is 3. The highest BCUT2D eigenvalue weighted by atomic mass is 32.2. The van der Waals surface area contributed by atoms with Crippen LogP contribution in [0.15, 0.2) is 53.8 Å². The van der Waals surface area contributed by atoms with E-state index in [4.69, 9.17) is 5.26 Å². The van der Waals surface area contributed by atoms with Crippen LogP contribution in [0.1, 0.15) is 47.8 Å². The zero-order valence-corrected chi connectivity index (χ0v) is 21.1. The number of nitriles is 1. The Bertz CT molecular complexity index is 1580. The van der Waals surface area contributed by atoms with Crippen molar-refractivity contribution in [2.75, 3.05) is 5.32 Å². The predicted octanol–water partition coefficient (Wildman–Crippen LogP) is 4.46. The second-order valence-electron chi connectivity index (χ2n) is 8.83. The van der Waals surface area contributed by atoms with Crippen molar-refractivity contribution >= 4 is 43.9 Å². The second kappa shape index (κ2) is 9.81. The maximum absolute atomic E-state index is 12.8. The summed E-state index contributed by atoms with van der Waals surface area (Å²) in [5.41, 5.74) is 2.80. The first-order valence-corrected chi connectivity index (χ1v) is 13.9. The number of thiazole rings is 1. The van der Waals surface area contributed by atoms with Gasteiger partial charge in [0, 0.05) is 43.0 Å². The minimum absolute atomic E-state index is 0.0240. The van der Waals surface area contributed by atoms with Crippen molar-refractivity contribution in [2.24, 2.45) is 0 Å². The summed E-state index contributed by atoms with van der Waals surface area (Å²) in [4.78, 5) is 24.6. The van der Waals surface area contributed by atoms with Crippen LogP contribution in [0, 0.1) is 11.3 Å². The van der Waals surface area contributed by atoms with E-state index in [2.05, 4.69) is 25.0 Å². The Labute approximate surface area is 212 Å². The van der Waals surface area contributed by atoms with Crippen molar-refractivity contribution in [1.29, 1.82) is 5.26 Å². The summed E-state index contributed by atoms with van der Waals surface area (Å²) < 4.78 is 28.5. The summed E-state index contributed by atoms with van der Waals surface area (Å²) in [6.07, 6.45) is 8.10. The Morgan fingerprint density at radius 2 is 1.92 bits per heavy atom. The molecule has 3 N–H and O–H groups in total. The molecule has 0 amide bonds. The number of aromatic amines is 1. The molecule has 11 heteroatoms. The van der Waals surface area contributed by atoms with Crippen LogP contribution in [0.3, 0.4) is 0 Å². The van der Waals surface area contributed by atoms with Crippen molar-refractivity contribution in [3.05, 3.63) is 59.4 Å². The number of benzene rings is 1. The number of pyridine rings is 1. The van der Waals surface area contributed by atoms with Gasteiger partial charge in [-0.05, 0) is 49.9 Å². The molecule has 0 atom stereocenters. The van der Waals surface area contributed by atoms with Crippen LogP contribution in [0.25, 0.3) is 21.6 Å². The number of sulfonamides is 1. The molecule has 5 rings (SSSR count). The summed E-state index contributed by atoms with van der Waals surface area (Å²) >= 11 is 1.34. The monoisotopic (exact) mass is 520 g/mol. The van der Waals surface area contributed by atoms with Crippen LogP contribution in [0.5, 0.6) is 0 Å². The highest BCUT2D eigenvalue weighted by molar-refractivity contribution is 7.89. The number of carbonyl (C=O) groups excluding carboxylic acids is 1. The van der Waals surface area contributed by atoms with Gasteiger partial charge in [-0.25, -0.2) is 23.1 Å². The molecule has 1 aliphatic rings. The molecule has 0 spiro atoms. The van der Waals surface area contributed by atoms with Gasteiger partial charge in [0.05, 0.1) is 32.7 Å². The number of Topliss-reactive ketones (excluding diaryl/α,β-unsaturated/α-hetero) is 1. The lowest BCUT2D eigenvalue weighted by Gasteiger charge is -2.30. The van der Waals surface area contributed by atoms with Crippen LogP contribution >= 0.6 is 11.3 Å². The van der Waals surface area contributed by atoms with Gasteiger partial charge in [-0.15, -0.1) is 11.3 Å². The minimum atomic E-state index is -3.71. The molecule has 1 aliphatic carbocycles. The van der Waals surface area contributed by atoms with E-state index in [9.17, 15) is 13.2 Å². The molecule has 9 nitrogen and oxygen atoms in total. The third-order valence-electron chi connectivity index (χ3n) is 6.34. The number of carbonyl (C=O) groups is 1. The van der Waals surface area contributed by atoms with Gasteiger partial charge >= 0.3 is 0 Å². The van der Waals surface area contributed by atoms with E-state index in [0.717, 1.165) is 40.1 Å².